The number of carbonyl (C=O) groups is 2. The average molecular weight is 251 g/mol. The third kappa shape index (κ3) is 1.39. The van der Waals surface area contributed by atoms with Gasteiger partial charge < -0.3 is 14.4 Å². The van der Waals surface area contributed by atoms with Crippen molar-refractivity contribution in [2.24, 2.45) is 5.92 Å². The highest BCUT2D eigenvalue weighted by Gasteiger charge is 2.61. The van der Waals surface area contributed by atoms with E-state index < -0.39 is 5.60 Å². The lowest BCUT2D eigenvalue weighted by Crippen LogP contribution is -2.43. The third-order valence-corrected chi connectivity index (χ3v) is 4.38. The second kappa shape index (κ2) is 3.73. The zero-order valence-corrected chi connectivity index (χ0v) is 10.6. The Morgan fingerprint density at radius 1 is 1.67 bits per heavy atom. The molecule has 0 aromatic heterocycles. The highest BCUT2D eigenvalue weighted by atomic mass is 16.6. The van der Waals surface area contributed by atoms with Gasteiger partial charge >= 0.3 is 11.9 Å². The minimum atomic E-state index is -0.742. The maximum Gasteiger partial charge on any atom is 0.333 e. The van der Waals surface area contributed by atoms with Crippen LogP contribution in [0, 0.1) is 5.92 Å². The lowest BCUT2D eigenvalue weighted by Gasteiger charge is -2.30. The van der Waals surface area contributed by atoms with E-state index in [4.69, 9.17) is 9.47 Å². The van der Waals surface area contributed by atoms with Gasteiger partial charge in [0.25, 0.3) is 0 Å². The zero-order chi connectivity index (χ0) is 12.9. The van der Waals surface area contributed by atoms with Crippen molar-refractivity contribution < 1.29 is 19.1 Å². The van der Waals surface area contributed by atoms with Crippen molar-refractivity contribution in [2.45, 2.75) is 38.3 Å². The predicted octanol–water partition coefficient (Wildman–Crippen LogP) is 0.843. The third-order valence-electron chi connectivity index (χ3n) is 4.38. The molecule has 18 heavy (non-hydrogen) atoms. The van der Waals surface area contributed by atoms with Crippen LogP contribution in [0.25, 0.3) is 0 Å². The number of rotatable bonds is 2. The quantitative estimate of drug-likeness (QED) is 0.681. The molecule has 3 aliphatic rings. The van der Waals surface area contributed by atoms with Crippen molar-refractivity contribution in [1.29, 1.82) is 0 Å². The maximum absolute atomic E-state index is 11.6. The smallest absolute Gasteiger partial charge is 0.333 e. The highest BCUT2D eigenvalue weighted by molar-refractivity contribution is 5.87. The number of hydrogen-bond donors (Lipinski definition) is 0. The highest BCUT2D eigenvalue weighted by Crippen LogP contribution is 2.50. The van der Waals surface area contributed by atoms with E-state index in [9.17, 15) is 9.59 Å². The van der Waals surface area contributed by atoms with Crippen LogP contribution in [-0.2, 0) is 19.1 Å². The Kier molecular flexibility index (Phi) is 2.40. The minimum absolute atomic E-state index is 0.133. The van der Waals surface area contributed by atoms with E-state index in [1.54, 1.807) is 6.08 Å². The molecule has 2 fully saturated rings. The number of esters is 2. The maximum atomic E-state index is 11.6. The first-order valence-corrected chi connectivity index (χ1v) is 6.40. The Hall–Kier alpha value is -1.52. The van der Waals surface area contributed by atoms with Gasteiger partial charge in [-0.1, -0.05) is 6.92 Å². The number of ether oxygens (including phenoxy) is 2. The van der Waals surface area contributed by atoms with E-state index in [0.717, 1.165) is 25.1 Å². The molecule has 0 bridgehead atoms. The average Bonchev–Trinajstić information content (AvgIpc) is 2.93. The molecule has 0 radical (unpaired) electrons. The van der Waals surface area contributed by atoms with Gasteiger partial charge in [-0.2, -0.15) is 0 Å². The molecule has 3 atom stereocenters. The number of fused-ring (bicyclic) bond motifs is 3. The molecule has 3 heterocycles. The first kappa shape index (κ1) is 11.6. The largest absolute Gasteiger partial charge is 0.461 e. The fourth-order valence-electron chi connectivity index (χ4n) is 3.51. The number of hydrogen-bond acceptors (Lipinski definition) is 5. The summed E-state index contributed by atoms with van der Waals surface area (Å²) in [6.07, 6.45) is 3.81. The molecule has 5 heteroatoms. The van der Waals surface area contributed by atoms with E-state index >= 15 is 0 Å². The summed E-state index contributed by atoms with van der Waals surface area (Å²) in [7, 11) is 0. The molecule has 3 rings (SSSR count). The summed E-state index contributed by atoms with van der Waals surface area (Å²) in [6, 6.07) is 0.403. The Labute approximate surface area is 106 Å². The topological polar surface area (TPSA) is 55.8 Å². The van der Waals surface area contributed by atoms with Crippen molar-refractivity contribution in [3.05, 3.63) is 11.8 Å². The fourth-order valence-corrected chi connectivity index (χ4v) is 3.51. The monoisotopic (exact) mass is 251 g/mol. The molecule has 98 valence electrons. The summed E-state index contributed by atoms with van der Waals surface area (Å²) >= 11 is 0. The van der Waals surface area contributed by atoms with Crippen LogP contribution in [0.2, 0.25) is 0 Å². The van der Waals surface area contributed by atoms with Gasteiger partial charge in [-0.05, 0) is 12.8 Å². The molecule has 0 N–H and O–H groups in total. The van der Waals surface area contributed by atoms with Crippen LogP contribution in [-0.4, -0.2) is 41.6 Å². The summed E-state index contributed by atoms with van der Waals surface area (Å²) in [5, 5.41) is 0. The van der Waals surface area contributed by atoms with Gasteiger partial charge in [-0.3, -0.25) is 4.79 Å². The molecule has 0 saturated carbocycles. The zero-order valence-electron chi connectivity index (χ0n) is 10.6. The number of nitrogens with zero attached hydrogens (tertiary/aromatic N) is 1. The Morgan fingerprint density at radius 2 is 2.44 bits per heavy atom. The Morgan fingerprint density at radius 3 is 3.17 bits per heavy atom. The molecule has 0 aromatic carbocycles. The molecular weight excluding hydrogens is 234 g/mol. The standard InChI is InChI=1S/C13H17NO4/c1-8-10-4-3-5-14(10)11-6-12(16)18-13(8,11)7-17-9(2)15/h6,8,10H,3-5,7H2,1-2H3/t8-,10+,13?/m0/s1. The van der Waals surface area contributed by atoms with Crippen LogP contribution in [0.1, 0.15) is 26.7 Å². The van der Waals surface area contributed by atoms with Crippen LogP contribution in [0.3, 0.4) is 0 Å². The Balaban J connectivity index is 1.94. The van der Waals surface area contributed by atoms with Crippen LogP contribution >= 0.6 is 0 Å². The lowest BCUT2D eigenvalue weighted by atomic mass is 9.86. The normalized spacial score (nSPS) is 37.1. The molecule has 3 aliphatic heterocycles. The summed E-state index contributed by atoms with van der Waals surface area (Å²) < 4.78 is 10.7. The second-order valence-corrected chi connectivity index (χ2v) is 5.31. The summed E-state index contributed by atoms with van der Waals surface area (Å²) in [5.41, 5.74) is 0.164. The first-order chi connectivity index (χ1) is 8.54. The second-order valence-electron chi connectivity index (χ2n) is 5.31. The lowest BCUT2D eigenvalue weighted by molar-refractivity contribution is -0.163. The van der Waals surface area contributed by atoms with E-state index in [1.807, 2.05) is 0 Å². The predicted molar refractivity (Wildman–Crippen MR) is 62.4 cm³/mol. The van der Waals surface area contributed by atoms with Crippen molar-refractivity contribution >= 4 is 11.9 Å². The van der Waals surface area contributed by atoms with E-state index in [2.05, 4.69) is 11.8 Å². The van der Waals surface area contributed by atoms with Crippen molar-refractivity contribution in [1.82, 2.24) is 4.90 Å². The Bertz CT molecular complexity index is 444. The number of carbonyl (C=O) groups excluding carboxylic acids is 2. The molecule has 0 spiro atoms. The van der Waals surface area contributed by atoms with Gasteiger partial charge in [-0.15, -0.1) is 0 Å². The van der Waals surface area contributed by atoms with Crippen molar-refractivity contribution in [2.75, 3.05) is 13.2 Å². The summed E-state index contributed by atoms with van der Waals surface area (Å²) in [5.74, 6) is -0.502. The summed E-state index contributed by atoms with van der Waals surface area (Å²) in [6.45, 7) is 4.54. The van der Waals surface area contributed by atoms with Crippen LogP contribution in [0.15, 0.2) is 11.8 Å². The van der Waals surface area contributed by atoms with Crippen LogP contribution in [0.5, 0.6) is 0 Å². The molecule has 5 nitrogen and oxygen atoms in total. The van der Waals surface area contributed by atoms with Crippen LogP contribution < -0.4 is 0 Å². The van der Waals surface area contributed by atoms with Crippen molar-refractivity contribution in [3.63, 3.8) is 0 Å². The van der Waals surface area contributed by atoms with E-state index in [-0.39, 0.29) is 24.5 Å². The van der Waals surface area contributed by atoms with Gasteiger partial charge in [0.05, 0.1) is 5.70 Å². The molecule has 0 aliphatic carbocycles. The molecule has 0 amide bonds. The van der Waals surface area contributed by atoms with E-state index in [1.165, 1.54) is 6.92 Å². The molecule has 0 aromatic rings. The van der Waals surface area contributed by atoms with Crippen molar-refractivity contribution in [3.8, 4) is 0 Å². The van der Waals surface area contributed by atoms with E-state index in [0.29, 0.717) is 6.04 Å². The van der Waals surface area contributed by atoms with Gasteiger partial charge in [0.2, 0.25) is 0 Å². The molecular formula is C13H17NO4. The van der Waals surface area contributed by atoms with Gasteiger partial charge in [0.1, 0.15) is 6.61 Å². The first-order valence-electron chi connectivity index (χ1n) is 6.40. The molecule has 1 unspecified atom stereocenters. The van der Waals surface area contributed by atoms with Crippen LogP contribution in [0.4, 0.5) is 0 Å². The minimum Gasteiger partial charge on any atom is -0.461 e. The fraction of sp³-hybridized carbons (Fsp3) is 0.692. The SMILES string of the molecule is CC(=O)OCC12OC(=O)C=C1N1CCC[C@@H]1[C@@H]2C. The molecule has 2 saturated heterocycles. The van der Waals surface area contributed by atoms with Gasteiger partial charge in [-0.25, -0.2) is 4.79 Å². The van der Waals surface area contributed by atoms with Gasteiger partial charge in [0, 0.05) is 31.5 Å². The summed E-state index contributed by atoms with van der Waals surface area (Å²) in [4.78, 5) is 24.8. The van der Waals surface area contributed by atoms with Gasteiger partial charge in [0.15, 0.2) is 5.60 Å².